The van der Waals surface area contributed by atoms with Crippen molar-refractivity contribution in [3.63, 3.8) is 0 Å². The summed E-state index contributed by atoms with van der Waals surface area (Å²) in [5.41, 5.74) is 5.62. The van der Waals surface area contributed by atoms with Gasteiger partial charge in [-0.05, 0) is 13.8 Å². The Balaban J connectivity index is 2.63. The molecule has 0 aliphatic carbocycles. The summed E-state index contributed by atoms with van der Waals surface area (Å²) in [5, 5.41) is 10.8. The Labute approximate surface area is 83.2 Å². The number of hydrogen-bond acceptors (Lipinski definition) is 3. The molecule has 0 aliphatic heterocycles. The van der Waals surface area contributed by atoms with E-state index in [-0.39, 0.29) is 6.04 Å². The highest BCUT2D eigenvalue weighted by Crippen LogP contribution is 2.05. The average molecular weight is 196 g/mol. The van der Waals surface area contributed by atoms with E-state index in [2.05, 4.69) is 20.5 Å². The molecule has 0 saturated carbocycles. The molecule has 0 aliphatic rings. The topological polar surface area (TPSA) is 81.1 Å². The minimum Gasteiger partial charge on any atom is -0.370 e. The molecule has 1 atom stereocenters. The minimum atomic E-state index is 0.0119. The fourth-order valence-electron chi connectivity index (χ4n) is 1.19. The first-order valence-corrected chi connectivity index (χ1v) is 4.55. The maximum absolute atomic E-state index is 5.62. The number of nitrogens with zero attached hydrogens (tertiary/aromatic N) is 4. The molecule has 0 bridgehead atoms. The van der Waals surface area contributed by atoms with Gasteiger partial charge >= 0.3 is 0 Å². The summed E-state index contributed by atoms with van der Waals surface area (Å²) < 4.78 is 1.84. The van der Waals surface area contributed by atoms with Gasteiger partial charge < -0.3 is 15.6 Å². The lowest BCUT2D eigenvalue weighted by Gasteiger charge is -2.12. The molecule has 0 fully saturated rings. The van der Waals surface area contributed by atoms with Crippen molar-refractivity contribution in [3.05, 3.63) is 12.2 Å². The van der Waals surface area contributed by atoms with Crippen molar-refractivity contribution in [2.45, 2.75) is 19.9 Å². The fourth-order valence-corrected chi connectivity index (χ4v) is 1.19. The van der Waals surface area contributed by atoms with E-state index >= 15 is 0 Å². The third-order valence-electron chi connectivity index (χ3n) is 1.83. The molecule has 1 unspecified atom stereocenters. The summed E-state index contributed by atoms with van der Waals surface area (Å²) in [6.07, 6.45) is 1.65. The highest BCUT2D eigenvalue weighted by atomic mass is 15.3. The van der Waals surface area contributed by atoms with Gasteiger partial charge in [-0.3, -0.25) is 4.99 Å². The Hall–Kier alpha value is -1.59. The molecule has 6 heteroatoms. The van der Waals surface area contributed by atoms with Crippen LogP contribution in [0, 0.1) is 0 Å². The molecule has 1 aromatic rings. The summed E-state index contributed by atoms with van der Waals surface area (Å²) in [7, 11) is 1.89. The number of guanidine groups is 1. The molecule has 6 nitrogen and oxygen atoms in total. The Bertz CT molecular complexity index is 315. The highest BCUT2D eigenvalue weighted by Gasteiger charge is 2.10. The van der Waals surface area contributed by atoms with Crippen LogP contribution >= 0.6 is 0 Å². The molecule has 0 saturated heterocycles. The van der Waals surface area contributed by atoms with Crippen LogP contribution in [0.25, 0.3) is 0 Å². The smallest absolute Gasteiger partial charge is 0.189 e. The van der Waals surface area contributed by atoms with Crippen LogP contribution in [-0.2, 0) is 7.05 Å². The van der Waals surface area contributed by atoms with E-state index in [1.165, 1.54) is 0 Å². The van der Waals surface area contributed by atoms with Gasteiger partial charge in [-0.25, -0.2) is 0 Å². The Morgan fingerprint density at radius 2 is 2.50 bits per heavy atom. The summed E-state index contributed by atoms with van der Waals surface area (Å²) in [5.74, 6) is 1.27. The number of aliphatic imine (C=N–C) groups is 1. The summed E-state index contributed by atoms with van der Waals surface area (Å²) >= 11 is 0. The lowest BCUT2D eigenvalue weighted by Crippen LogP contribution is -2.34. The van der Waals surface area contributed by atoms with Gasteiger partial charge in [0.1, 0.15) is 6.33 Å². The van der Waals surface area contributed by atoms with E-state index < -0.39 is 0 Å². The van der Waals surface area contributed by atoms with Gasteiger partial charge in [0.25, 0.3) is 0 Å². The van der Waals surface area contributed by atoms with Crippen LogP contribution in [0.2, 0.25) is 0 Å². The van der Waals surface area contributed by atoms with E-state index in [0.29, 0.717) is 12.5 Å². The van der Waals surface area contributed by atoms with E-state index in [1.807, 2.05) is 25.5 Å². The fraction of sp³-hybridized carbons (Fsp3) is 0.625. The molecule has 0 radical (unpaired) electrons. The van der Waals surface area contributed by atoms with Crippen molar-refractivity contribution in [1.29, 1.82) is 0 Å². The second-order valence-corrected chi connectivity index (χ2v) is 3.03. The zero-order valence-electron chi connectivity index (χ0n) is 8.73. The zero-order valence-corrected chi connectivity index (χ0v) is 8.73. The number of hydrogen-bond donors (Lipinski definition) is 2. The molecular weight excluding hydrogens is 180 g/mol. The summed E-state index contributed by atoms with van der Waals surface area (Å²) in [6, 6.07) is 0.0119. The maximum atomic E-state index is 5.62. The lowest BCUT2D eigenvalue weighted by atomic mass is 10.3. The quantitative estimate of drug-likeness (QED) is 0.518. The van der Waals surface area contributed by atoms with Crippen LogP contribution in [0.1, 0.15) is 25.7 Å². The summed E-state index contributed by atoms with van der Waals surface area (Å²) in [4.78, 5) is 4.03. The highest BCUT2D eigenvalue weighted by molar-refractivity contribution is 5.78. The number of aromatic nitrogens is 3. The van der Waals surface area contributed by atoms with Crippen LogP contribution in [0.15, 0.2) is 11.3 Å². The molecule has 14 heavy (non-hydrogen) atoms. The van der Waals surface area contributed by atoms with Gasteiger partial charge in [-0.1, -0.05) is 0 Å². The SMILES string of the molecule is CCN=C(N)NC(C)c1nncn1C. The molecule has 1 rings (SSSR count). The van der Waals surface area contributed by atoms with Gasteiger partial charge in [0.15, 0.2) is 11.8 Å². The third kappa shape index (κ3) is 2.45. The maximum Gasteiger partial charge on any atom is 0.189 e. The van der Waals surface area contributed by atoms with Gasteiger partial charge in [0.05, 0.1) is 6.04 Å². The molecule has 3 N–H and O–H groups in total. The Kier molecular flexibility index (Phi) is 3.44. The van der Waals surface area contributed by atoms with Gasteiger partial charge in [0.2, 0.25) is 0 Å². The first-order valence-electron chi connectivity index (χ1n) is 4.55. The van der Waals surface area contributed by atoms with E-state index in [0.717, 1.165) is 5.82 Å². The summed E-state index contributed by atoms with van der Waals surface area (Å²) in [6.45, 7) is 4.56. The largest absolute Gasteiger partial charge is 0.370 e. The lowest BCUT2D eigenvalue weighted by molar-refractivity contribution is 0.622. The van der Waals surface area contributed by atoms with Crippen LogP contribution in [-0.4, -0.2) is 27.3 Å². The molecule has 0 spiro atoms. The Morgan fingerprint density at radius 3 is 3.00 bits per heavy atom. The van der Waals surface area contributed by atoms with Crippen LogP contribution in [0.5, 0.6) is 0 Å². The number of aryl methyl sites for hydroxylation is 1. The third-order valence-corrected chi connectivity index (χ3v) is 1.83. The standard InChI is InChI=1S/C8H16N6/c1-4-10-8(9)12-6(2)7-13-11-5-14(7)3/h5-6H,4H2,1-3H3,(H3,9,10,12). The second kappa shape index (κ2) is 4.59. The van der Waals surface area contributed by atoms with Crippen molar-refractivity contribution in [2.24, 2.45) is 17.8 Å². The molecule has 1 heterocycles. The predicted octanol–water partition coefficient (Wildman–Crippen LogP) is -0.200. The Morgan fingerprint density at radius 1 is 1.79 bits per heavy atom. The minimum absolute atomic E-state index is 0.0119. The van der Waals surface area contributed by atoms with Crippen molar-refractivity contribution >= 4 is 5.96 Å². The van der Waals surface area contributed by atoms with Crippen molar-refractivity contribution < 1.29 is 0 Å². The van der Waals surface area contributed by atoms with Crippen LogP contribution in [0.4, 0.5) is 0 Å². The molecule has 78 valence electrons. The van der Waals surface area contributed by atoms with E-state index in [1.54, 1.807) is 6.33 Å². The van der Waals surface area contributed by atoms with E-state index in [9.17, 15) is 0 Å². The molecule has 0 aromatic carbocycles. The normalized spacial score (nSPS) is 14.1. The van der Waals surface area contributed by atoms with Crippen molar-refractivity contribution in [2.75, 3.05) is 6.54 Å². The average Bonchev–Trinajstić information content (AvgIpc) is 2.51. The van der Waals surface area contributed by atoms with Crippen LogP contribution in [0.3, 0.4) is 0 Å². The first-order chi connectivity index (χ1) is 6.65. The van der Waals surface area contributed by atoms with Gasteiger partial charge in [-0.15, -0.1) is 10.2 Å². The van der Waals surface area contributed by atoms with Gasteiger partial charge in [-0.2, -0.15) is 0 Å². The first kappa shape index (κ1) is 10.5. The molecule has 1 aromatic heterocycles. The predicted molar refractivity (Wildman–Crippen MR) is 54.7 cm³/mol. The number of nitrogens with two attached hydrogens (primary N) is 1. The van der Waals surface area contributed by atoms with Crippen molar-refractivity contribution in [1.82, 2.24) is 20.1 Å². The molecule has 0 amide bonds. The van der Waals surface area contributed by atoms with E-state index in [4.69, 9.17) is 5.73 Å². The monoisotopic (exact) mass is 196 g/mol. The number of rotatable bonds is 3. The van der Waals surface area contributed by atoms with Gasteiger partial charge in [0, 0.05) is 13.6 Å². The molecular formula is C8H16N6. The van der Waals surface area contributed by atoms with Crippen LogP contribution < -0.4 is 11.1 Å². The zero-order chi connectivity index (χ0) is 10.6. The second-order valence-electron chi connectivity index (χ2n) is 3.03. The number of nitrogens with one attached hydrogen (secondary N) is 1. The van der Waals surface area contributed by atoms with Crippen molar-refractivity contribution in [3.8, 4) is 0 Å².